The van der Waals surface area contributed by atoms with Crippen LogP contribution in [0.25, 0.3) is 10.4 Å². The molecule has 0 bridgehead atoms. The zero-order valence-electron chi connectivity index (χ0n) is 12.0. The summed E-state index contributed by atoms with van der Waals surface area (Å²) in [6.07, 6.45) is 3.90. The molecule has 0 saturated heterocycles. The van der Waals surface area contributed by atoms with E-state index < -0.39 is 17.3 Å². The summed E-state index contributed by atoms with van der Waals surface area (Å²) in [6, 6.07) is 0. The third-order valence-electron chi connectivity index (χ3n) is 3.13. The van der Waals surface area contributed by atoms with Crippen LogP contribution in [0.3, 0.4) is 0 Å². The van der Waals surface area contributed by atoms with Gasteiger partial charge in [-0.2, -0.15) is 0 Å². The van der Waals surface area contributed by atoms with Crippen molar-refractivity contribution in [1.29, 1.82) is 0 Å². The van der Waals surface area contributed by atoms with Crippen LogP contribution < -0.4 is 0 Å². The quantitative estimate of drug-likeness (QED) is 0.210. The lowest BCUT2D eigenvalue weighted by Gasteiger charge is -2.28. The monoisotopic (exact) mass is 269 g/mol. The zero-order valence-corrected chi connectivity index (χ0v) is 12.0. The molecule has 0 rings (SSSR count). The van der Waals surface area contributed by atoms with Crippen molar-refractivity contribution >= 4 is 11.9 Å². The maximum absolute atomic E-state index is 12.2. The Bertz CT molecular complexity index is 341. The van der Waals surface area contributed by atoms with Crippen molar-refractivity contribution in [2.75, 3.05) is 6.61 Å². The average molecular weight is 269 g/mol. The molecule has 0 radical (unpaired) electrons. The van der Waals surface area contributed by atoms with Crippen molar-refractivity contribution in [3.8, 4) is 0 Å². The first-order chi connectivity index (χ1) is 9.08. The fraction of sp³-hybridized carbons (Fsp3) is 0.846. The first-order valence-corrected chi connectivity index (χ1v) is 6.85. The summed E-state index contributed by atoms with van der Waals surface area (Å²) in [5.74, 6) is -1.27. The van der Waals surface area contributed by atoms with Gasteiger partial charge in [0.05, 0.1) is 6.61 Å². The minimum atomic E-state index is -1.30. The summed E-state index contributed by atoms with van der Waals surface area (Å²) in [4.78, 5) is 26.8. The van der Waals surface area contributed by atoms with Crippen LogP contribution in [-0.4, -0.2) is 18.5 Å². The van der Waals surface area contributed by atoms with Crippen LogP contribution in [0, 0.1) is 5.41 Å². The number of hydrogen-bond acceptors (Lipinski definition) is 3. The minimum Gasteiger partial charge on any atom is -0.465 e. The molecule has 1 amide bonds. The number of amides is 1. The molecular weight excluding hydrogens is 246 g/mol. The molecule has 19 heavy (non-hydrogen) atoms. The van der Waals surface area contributed by atoms with Crippen molar-refractivity contribution in [2.24, 2.45) is 10.5 Å². The van der Waals surface area contributed by atoms with Crippen molar-refractivity contribution in [1.82, 2.24) is 0 Å². The first-order valence-electron chi connectivity index (χ1n) is 6.85. The Morgan fingerprint density at radius 1 is 1.16 bits per heavy atom. The SMILES string of the molecule is CCCCC(CCCC)(C(=O)N=[N+]=[N-])C(=O)OCC. The van der Waals surface area contributed by atoms with Crippen LogP contribution in [0.15, 0.2) is 5.11 Å². The summed E-state index contributed by atoms with van der Waals surface area (Å²) >= 11 is 0. The van der Waals surface area contributed by atoms with Crippen LogP contribution in [-0.2, 0) is 14.3 Å². The Hall–Kier alpha value is -1.55. The molecule has 0 aliphatic carbocycles. The van der Waals surface area contributed by atoms with E-state index in [2.05, 4.69) is 10.0 Å². The summed E-state index contributed by atoms with van der Waals surface area (Å²) in [5.41, 5.74) is 7.15. The van der Waals surface area contributed by atoms with Crippen LogP contribution in [0.5, 0.6) is 0 Å². The number of carbonyl (C=O) groups is 2. The van der Waals surface area contributed by atoms with E-state index in [-0.39, 0.29) is 6.61 Å². The second-order valence-electron chi connectivity index (χ2n) is 4.50. The zero-order chi connectivity index (χ0) is 14.7. The van der Waals surface area contributed by atoms with Gasteiger partial charge in [-0.15, -0.1) is 0 Å². The molecular formula is C13H23N3O3. The summed E-state index contributed by atoms with van der Waals surface area (Å²) in [7, 11) is 0. The van der Waals surface area contributed by atoms with E-state index in [1.165, 1.54) is 0 Å². The van der Waals surface area contributed by atoms with Gasteiger partial charge in [-0.05, 0) is 30.4 Å². The Balaban J connectivity index is 5.34. The Morgan fingerprint density at radius 3 is 2.05 bits per heavy atom. The maximum Gasteiger partial charge on any atom is 0.319 e. The highest BCUT2D eigenvalue weighted by Crippen LogP contribution is 2.34. The number of nitrogens with zero attached hydrogens (tertiary/aromatic N) is 3. The topological polar surface area (TPSA) is 92.1 Å². The first kappa shape index (κ1) is 17.4. The largest absolute Gasteiger partial charge is 0.465 e. The molecule has 0 saturated carbocycles. The molecule has 0 N–H and O–H groups in total. The van der Waals surface area contributed by atoms with Crippen LogP contribution in [0.1, 0.15) is 59.3 Å². The van der Waals surface area contributed by atoms with Crippen molar-refractivity contribution in [3.63, 3.8) is 0 Å². The lowest BCUT2D eigenvalue weighted by molar-refractivity contribution is -0.161. The smallest absolute Gasteiger partial charge is 0.319 e. The maximum atomic E-state index is 12.2. The van der Waals surface area contributed by atoms with Crippen molar-refractivity contribution < 1.29 is 14.3 Å². The molecule has 108 valence electrons. The van der Waals surface area contributed by atoms with E-state index in [1.54, 1.807) is 6.92 Å². The van der Waals surface area contributed by atoms with Gasteiger partial charge in [0.25, 0.3) is 0 Å². The molecule has 0 spiro atoms. The van der Waals surface area contributed by atoms with Gasteiger partial charge in [0.15, 0.2) is 0 Å². The predicted molar refractivity (Wildman–Crippen MR) is 72.3 cm³/mol. The van der Waals surface area contributed by atoms with Crippen LogP contribution in [0.4, 0.5) is 0 Å². The molecule has 0 aliphatic heterocycles. The van der Waals surface area contributed by atoms with E-state index >= 15 is 0 Å². The second kappa shape index (κ2) is 9.39. The fourth-order valence-electron chi connectivity index (χ4n) is 1.99. The van der Waals surface area contributed by atoms with Crippen molar-refractivity contribution in [3.05, 3.63) is 10.4 Å². The Kier molecular flexibility index (Phi) is 8.62. The van der Waals surface area contributed by atoms with Gasteiger partial charge >= 0.3 is 5.97 Å². The minimum absolute atomic E-state index is 0.211. The summed E-state index contributed by atoms with van der Waals surface area (Å²) < 4.78 is 5.03. The predicted octanol–water partition coefficient (Wildman–Crippen LogP) is 3.75. The molecule has 0 unspecified atom stereocenters. The van der Waals surface area contributed by atoms with E-state index in [0.717, 1.165) is 25.7 Å². The molecule has 0 aliphatic rings. The fourth-order valence-corrected chi connectivity index (χ4v) is 1.99. The van der Waals surface area contributed by atoms with Gasteiger partial charge in [0, 0.05) is 4.91 Å². The lowest BCUT2D eigenvalue weighted by atomic mass is 9.77. The number of esters is 1. The van der Waals surface area contributed by atoms with Gasteiger partial charge in [0.1, 0.15) is 5.41 Å². The number of azide groups is 1. The van der Waals surface area contributed by atoms with E-state index in [1.807, 2.05) is 13.8 Å². The summed E-state index contributed by atoms with van der Waals surface area (Å²) in [6.45, 7) is 5.87. The Morgan fingerprint density at radius 2 is 1.68 bits per heavy atom. The third-order valence-corrected chi connectivity index (χ3v) is 3.13. The van der Waals surface area contributed by atoms with Gasteiger partial charge in [-0.1, -0.05) is 39.5 Å². The number of unbranched alkanes of at least 4 members (excludes halogenated alkanes) is 2. The summed E-state index contributed by atoms with van der Waals surface area (Å²) in [5, 5.41) is 3.15. The third kappa shape index (κ3) is 4.91. The van der Waals surface area contributed by atoms with Crippen molar-refractivity contribution in [2.45, 2.75) is 59.3 Å². The van der Waals surface area contributed by atoms with Crippen LogP contribution >= 0.6 is 0 Å². The molecule has 0 atom stereocenters. The molecule has 0 fully saturated rings. The van der Waals surface area contributed by atoms with E-state index in [9.17, 15) is 9.59 Å². The molecule has 6 heteroatoms. The van der Waals surface area contributed by atoms with Gasteiger partial charge in [0.2, 0.25) is 5.91 Å². The van der Waals surface area contributed by atoms with Gasteiger partial charge < -0.3 is 4.74 Å². The highest BCUT2D eigenvalue weighted by Gasteiger charge is 2.45. The normalized spacial score (nSPS) is 10.7. The number of hydrogen-bond donors (Lipinski definition) is 0. The van der Waals surface area contributed by atoms with E-state index in [4.69, 9.17) is 10.3 Å². The van der Waals surface area contributed by atoms with Crippen LogP contribution in [0.2, 0.25) is 0 Å². The number of carbonyl (C=O) groups excluding carboxylic acids is 2. The lowest BCUT2D eigenvalue weighted by Crippen LogP contribution is -2.40. The standard InChI is InChI=1S/C13H23N3O3/c1-4-7-9-13(10-8-5-2,11(17)15-16-14)12(18)19-6-3/h4-10H2,1-3H3. The van der Waals surface area contributed by atoms with E-state index in [0.29, 0.717) is 12.8 Å². The molecule has 0 aromatic heterocycles. The Labute approximate surface area is 114 Å². The molecule has 0 aromatic carbocycles. The highest BCUT2D eigenvalue weighted by molar-refractivity contribution is 6.03. The average Bonchev–Trinajstić information content (AvgIpc) is 2.40. The molecule has 0 heterocycles. The molecule has 6 nitrogen and oxygen atoms in total. The number of rotatable bonds is 9. The van der Waals surface area contributed by atoms with Gasteiger partial charge in [-0.25, -0.2) is 0 Å². The van der Waals surface area contributed by atoms with Gasteiger partial charge in [-0.3, -0.25) is 9.59 Å². The highest BCUT2D eigenvalue weighted by atomic mass is 16.5. The number of ether oxygens (including phenoxy) is 1. The molecule has 0 aromatic rings. The second-order valence-corrected chi connectivity index (χ2v) is 4.50.